The molecule has 0 radical (unpaired) electrons. The van der Waals surface area contributed by atoms with Gasteiger partial charge in [0.25, 0.3) is 0 Å². The van der Waals surface area contributed by atoms with Gasteiger partial charge in [-0.05, 0) is 24.3 Å². The first-order chi connectivity index (χ1) is 14.4. The zero-order valence-corrected chi connectivity index (χ0v) is 17.8. The zero-order valence-electron chi connectivity index (χ0n) is 17.0. The monoisotopic (exact) mass is 421 g/mol. The van der Waals surface area contributed by atoms with Crippen molar-refractivity contribution in [1.29, 1.82) is 5.26 Å². The van der Waals surface area contributed by atoms with Crippen LogP contribution in [0.5, 0.6) is 0 Å². The molecule has 8 heteroatoms. The van der Waals surface area contributed by atoms with Crippen molar-refractivity contribution >= 4 is 32.3 Å². The number of hydrogen-bond acceptors (Lipinski definition) is 6. The van der Waals surface area contributed by atoms with E-state index in [4.69, 9.17) is 5.26 Å². The third kappa shape index (κ3) is 3.58. The number of nitrogens with zero attached hydrogens (tertiary/aromatic N) is 5. The quantitative estimate of drug-likeness (QED) is 0.644. The number of fused-ring (bicyclic) bond motifs is 1. The summed E-state index contributed by atoms with van der Waals surface area (Å²) in [6.45, 7) is 1.86. The van der Waals surface area contributed by atoms with Crippen LogP contribution in [0.4, 0.5) is 11.5 Å². The molecule has 0 aliphatic carbocycles. The molecule has 2 heterocycles. The summed E-state index contributed by atoms with van der Waals surface area (Å²) in [5.74, 6) is 0.756. The molecule has 0 bridgehead atoms. The van der Waals surface area contributed by atoms with Gasteiger partial charge in [0.15, 0.2) is 0 Å². The van der Waals surface area contributed by atoms with Gasteiger partial charge in [-0.25, -0.2) is 13.4 Å². The Kier molecular flexibility index (Phi) is 5.33. The second-order valence-corrected chi connectivity index (χ2v) is 9.34. The van der Waals surface area contributed by atoms with Crippen LogP contribution in [-0.2, 0) is 10.0 Å². The van der Waals surface area contributed by atoms with Crippen molar-refractivity contribution in [2.75, 3.05) is 50.1 Å². The highest BCUT2D eigenvalue weighted by atomic mass is 32.2. The van der Waals surface area contributed by atoms with Crippen LogP contribution in [0, 0.1) is 11.3 Å². The smallest absolute Gasteiger partial charge is 0.243 e. The molecule has 1 aromatic heterocycles. The van der Waals surface area contributed by atoms with E-state index in [1.807, 2.05) is 48.2 Å². The summed E-state index contributed by atoms with van der Waals surface area (Å²) in [7, 11) is 0.279. The molecule has 1 aliphatic rings. The maximum absolute atomic E-state index is 13.5. The van der Waals surface area contributed by atoms with Crippen LogP contribution >= 0.6 is 0 Å². The van der Waals surface area contributed by atoms with Crippen molar-refractivity contribution in [3.8, 4) is 6.07 Å². The number of piperazine rings is 1. The Balaban J connectivity index is 1.59. The standard InChI is InChI=1S/C22H23N5O2S/c1-25(2)20-7-3-6-19-18(20)5-4-8-21(19)30(28,29)27-13-11-26(12-14-27)22-10-9-17(15-23)16-24-22/h3-10,16H,11-14H2,1-2H3. The van der Waals surface area contributed by atoms with E-state index in [2.05, 4.69) is 11.1 Å². The van der Waals surface area contributed by atoms with E-state index in [-0.39, 0.29) is 0 Å². The van der Waals surface area contributed by atoms with Crippen molar-refractivity contribution < 1.29 is 8.42 Å². The summed E-state index contributed by atoms with van der Waals surface area (Å²) in [6, 6.07) is 16.8. The lowest BCUT2D eigenvalue weighted by molar-refractivity contribution is 0.384. The lowest BCUT2D eigenvalue weighted by Crippen LogP contribution is -2.48. The number of nitriles is 1. The first kappa shape index (κ1) is 20.1. The minimum absolute atomic E-state index is 0.341. The van der Waals surface area contributed by atoms with E-state index in [1.54, 1.807) is 28.6 Å². The molecule has 0 unspecified atom stereocenters. The Morgan fingerprint density at radius 3 is 2.30 bits per heavy atom. The van der Waals surface area contributed by atoms with E-state index >= 15 is 0 Å². The number of anilines is 2. The molecular formula is C22H23N5O2S. The lowest BCUT2D eigenvalue weighted by atomic mass is 10.1. The number of hydrogen-bond donors (Lipinski definition) is 0. The van der Waals surface area contributed by atoms with Crippen LogP contribution in [0.1, 0.15) is 5.56 Å². The van der Waals surface area contributed by atoms with Gasteiger partial charge in [-0.2, -0.15) is 9.57 Å². The van der Waals surface area contributed by atoms with Crippen LogP contribution in [0.25, 0.3) is 10.8 Å². The number of benzene rings is 2. The first-order valence-corrected chi connectivity index (χ1v) is 11.2. The topological polar surface area (TPSA) is 80.5 Å². The Hall–Kier alpha value is -3.15. The summed E-state index contributed by atoms with van der Waals surface area (Å²) in [5.41, 5.74) is 1.49. The summed E-state index contributed by atoms with van der Waals surface area (Å²) >= 11 is 0. The number of aromatic nitrogens is 1. The average Bonchev–Trinajstić information content (AvgIpc) is 2.78. The molecule has 0 atom stereocenters. The van der Waals surface area contributed by atoms with E-state index < -0.39 is 10.0 Å². The van der Waals surface area contributed by atoms with Gasteiger partial charge in [-0.1, -0.05) is 24.3 Å². The summed E-state index contributed by atoms with van der Waals surface area (Å²) in [5, 5.41) is 10.6. The molecule has 1 fully saturated rings. The Labute approximate surface area is 176 Å². The van der Waals surface area contributed by atoms with Crippen LogP contribution in [-0.4, -0.2) is 58.0 Å². The van der Waals surface area contributed by atoms with E-state index in [1.165, 1.54) is 6.20 Å². The number of pyridine rings is 1. The molecule has 0 N–H and O–H groups in total. The molecule has 1 saturated heterocycles. The number of rotatable bonds is 4. The van der Waals surface area contributed by atoms with Gasteiger partial charge < -0.3 is 9.80 Å². The SMILES string of the molecule is CN(C)c1cccc2c(S(=O)(=O)N3CCN(c4ccc(C#N)cn4)CC3)cccc12. The Morgan fingerprint density at radius 1 is 0.967 bits per heavy atom. The maximum Gasteiger partial charge on any atom is 0.243 e. The van der Waals surface area contributed by atoms with Crippen molar-refractivity contribution in [3.63, 3.8) is 0 Å². The van der Waals surface area contributed by atoms with Crippen molar-refractivity contribution in [2.24, 2.45) is 0 Å². The predicted molar refractivity (Wildman–Crippen MR) is 118 cm³/mol. The summed E-state index contributed by atoms with van der Waals surface area (Å²) in [4.78, 5) is 8.69. The van der Waals surface area contributed by atoms with Gasteiger partial charge in [0.1, 0.15) is 11.9 Å². The molecule has 2 aromatic carbocycles. The van der Waals surface area contributed by atoms with Gasteiger partial charge in [0, 0.05) is 62.9 Å². The van der Waals surface area contributed by atoms with Crippen LogP contribution in [0.2, 0.25) is 0 Å². The second-order valence-electron chi connectivity index (χ2n) is 7.43. The molecule has 3 aromatic rings. The lowest BCUT2D eigenvalue weighted by Gasteiger charge is -2.34. The first-order valence-electron chi connectivity index (χ1n) is 9.72. The molecule has 30 heavy (non-hydrogen) atoms. The van der Waals surface area contributed by atoms with Crippen LogP contribution < -0.4 is 9.80 Å². The highest BCUT2D eigenvalue weighted by Crippen LogP contribution is 2.32. The van der Waals surface area contributed by atoms with E-state index in [0.717, 1.165) is 22.3 Å². The normalized spacial score (nSPS) is 15.2. The maximum atomic E-state index is 13.5. The average molecular weight is 422 g/mol. The summed E-state index contributed by atoms with van der Waals surface area (Å²) in [6.07, 6.45) is 1.54. The molecular weight excluding hydrogens is 398 g/mol. The summed E-state index contributed by atoms with van der Waals surface area (Å²) < 4.78 is 28.4. The number of sulfonamides is 1. The van der Waals surface area contributed by atoms with Gasteiger partial charge >= 0.3 is 0 Å². The van der Waals surface area contributed by atoms with Gasteiger partial charge in [0.2, 0.25) is 10.0 Å². The van der Waals surface area contributed by atoms with Crippen LogP contribution in [0.15, 0.2) is 59.6 Å². The van der Waals surface area contributed by atoms with Crippen molar-refractivity contribution in [2.45, 2.75) is 4.90 Å². The molecule has 4 rings (SSSR count). The molecule has 0 saturated carbocycles. The fraction of sp³-hybridized carbons (Fsp3) is 0.273. The molecule has 0 spiro atoms. The van der Waals surface area contributed by atoms with Crippen molar-refractivity contribution in [3.05, 3.63) is 60.3 Å². The van der Waals surface area contributed by atoms with E-state index in [9.17, 15) is 8.42 Å². The highest BCUT2D eigenvalue weighted by Gasteiger charge is 2.30. The molecule has 1 aliphatic heterocycles. The highest BCUT2D eigenvalue weighted by molar-refractivity contribution is 7.89. The molecule has 7 nitrogen and oxygen atoms in total. The fourth-order valence-electron chi connectivity index (χ4n) is 3.82. The van der Waals surface area contributed by atoms with Gasteiger partial charge in [-0.3, -0.25) is 0 Å². The minimum Gasteiger partial charge on any atom is -0.377 e. The third-order valence-corrected chi connectivity index (χ3v) is 7.36. The fourth-order valence-corrected chi connectivity index (χ4v) is 5.44. The van der Waals surface area contributed by atoms with Crippen LogP contribution in [0.3, 0.4) is 0 Å². The van der Waals surface area contributed by atoms with Crippen molar-refractivity contribution in [1.82, 2.24) is 9.29 Å². The van der Waals surface area contributed by atoms with Gasteiger partial charge in [-0.15, -0.1) is 0 Å². The zero-order chi connectivity index (χ0) is 21.3. The van der Waals surface area contributed by atoms with Gasteiger partial charge in [0.05, 0.1) is 10.5 Å². The minimum atomic E-state index is -3.62. The molecule has 0 amide bonds. The third-order valence-electron chi connectivity index (χ3n) is 5.40. The predicted octanol–water partition coefficient (Wildman–Crippen LogP) is 2.68. The van der Waals surface area contributed by atoms with E-state index in [0.29, 0.717) is 36.6 Å². The Morgan fingerprint density at radius 2 is 1.67 bits per heavy atom. The Bertz CT molecular complexity index is 1210. The second kappa shape index (κ2) is 7.94. The largest absolute Gasteiger partial charge is 0.377 e. The molecule has 154 valence electrons.